The van der Waals surface area contributed by atoms with Crippen LogP contribution in [0.2, 0.25) is 0 Å². The van der Waals surface area contributed by atoms with Crippen LogP contribution in [0.1, 0.15) is 5.56 Å². The Kier molecular flexibility index (Phi) is 4.49. The Morgan fingerprint density at radius 3 is 3.00 bits per heavy atom. The van der Waals surface area contributed by atoms with Gasteiger partial charge in [-0.1, -0.05) is 0 Å². The van der Waals surface area contributed by atoms with E-state index in [2.05, 4.69) is 4.99 Å². The van der Waals surface area contributed by atoms with Gasteiger partial charge in [-0.3, -0.25) is 0 Å². The Bertz CT molecular complexity index is 443. The van der Waals surface area contributed by atoms with Gasteiger partial charge in [-0.15, -0.1) is 11.8 Å². The number of ether oxygens (including phenoxy) is 2. The largest absolute Gasteiger partial charge is 0.497 e. The van der Waals surface area contributed by atoms with Crippen LogP contribution in [0.15, 0.2) is 23.2 Å². The topological polar surface area (TPSA) is 56.8 Å². The molecule has 2 rings (SSSR count). The van der Waals surface area contributed by atoms with E-state index >= 15 is 0 Å². The standard InChI is InChI=1S/C13H18N2O2S/c1-9-7-10(16-2)3-4-11(9)15-13(14)12-8-17-5-6-18-12/h3-4,7,12H,5-6,8H2,1-2H3,(H2,14,15). The molecule has 1 heterocycles. The summed E-state index contributed by atoms with van der Waals surface area (Å²) in [4.78, 5) is 4.50. The Labute approximate surface area is 112 Å². The lowest BCUT2D eigenvalue weighted by molar-refractivity contribution is 0.153. The van der Waals surface area contributed by atoms with Crippen LogP contribution < -0.4 is 10.5 Å². The first-order chi connectivity index (χ1) is 8.70. The zero-order chi connectivity index (χ0) is 13.0. The van der Waals surface area contributed by atoms with Crippen LogP contribution in [-0.4, -0.2) is 37.2 Å². The number of hydrogen-bond acceptors (Lipinski definition) is 4. The summed E-state index contributed by atoms with van der Waals surface area (Å²) in [5.74, 6) is 2.44. The second kappa shape index (κ2) is 6.11. The maximum atomic E-state index is 6.04. The van der Waals surface area contributed by atoms with Crippen LogP contribution in [0.3, 0.4) is 0 Å². The predicted octanol–water partition coefficient (Wildman–Crippen LogP) is 2.12. The van der Waals surface area contributed by atoms with E-state index in [1.165, 1.54) is 0 Å². The third-order valence-corrected chi connectivity index (χ3v) is 3.98. The lowest BCUT2D eigenvalue weighted by Gasteiger charge is -2.21. The maximum Gasteiger partial charge on any atom is 0.119 e. The number of rotatable bonds is 3. The van der Waals surface area contributed by atoms with Crippen molar-refractivity contribution in [1.82, 2.24) is 0 Å². The van der Waals surface area contributed by atoms with Crippen molar-refractivity contribution < 1.29 is 9.47 Å². The molecule has 1 atom stereocenters. The maximum absolute atomic E-state index is 6.04. The van der Waals surface area contributed by atoms with E-state index in [0.29, 0.717) is 12.4 Å². The molecule has 0 amide bonds. The van der Waals surface area contributed by atoms with Crippen molar-refractivity contribution in [3.05, 3.63) is 23.8 Å². The highest BCUT2D eigenvalue weighted by molar-refractivity contribution is 8.00. The second-order valence-corrected chi connectivity index (χ2v) is 5.43. The number of aryl methyl sites for hydroxylation is 1. The van der Waals surface area contributed by atoms with Gasteiger partial charge >= 0.3 is 0 Å². The molecule has 1 aliphatic rings. The number of thioether (sulfide) groups is 1. The van der Waals surface area contributed by atoms with Gasteiger partial charge in [0, 0.05) is 5.75 Å². The Morgan fingerprint density at radius 2 is 2.39 bits per heavy atom. The van der Waals surface area contributed by atoms with Gasteiger partial charge in [-0.05, 0) is 30.7 Å². The molecule has 0 saturated carbocycles. The summed E-state index contributed by atoms with van der Waals surface area (Å²) in [5.41, 5.74) is 7.98. The quantitative estimate of drug-likeness (QED) is 0.672. The zero-order valence-electron chi connectivity index (χ0n) is 10.7. The summed E-state index contributed by atoms with van der Waals surface area (Å²) in [7, 11) is 1.65. The minimum Gasteiger partial charge on any atom is -0.497 e. The Morgan fingerprint density at radius 1 is 1.56 bits per heavy atom. The number of aliphatic imine (C=N–C) groups is 1. The third kappa shape index (κ3) is 3.17. The average molecular weight is 266 g/mol. The molecule has 5 heteroatoms. The fraction of sp³-hybridized carbons (Fsp3) is 0.462. The van der Waals surface area contributed by atoms with E-state index < -0.39 is 0 Å². The van der Waals surface area contributed by atoms with Crippen LogP contribution in [0.4, 0.5) is 5.69 Å². The molecule has 18 heavy (non-hydrogen) atoms. The van der Waals surface area contributed by atoms with Gasteiger partial charge < -0.3 is 15.2 Å². The first kappa shape index (κ1) is 13.2. The molecular weight excluding hydrogens is 248 g/mol. The van der Waals surface area contributed by atoms with Crippen LogP contribution in [0.5, 0.6) is 5.75 Å². The lowest BCUT2D eigenvalue weighted by Crippen LogP contribution is -2.34. The minimum absolute atomic E-state index is 0.167. The van der Waals surface area contributed by atoms with Gasteiger partial charge in [-0.2, -0.15) is 0 Å². The summed E-state index contributed by atoms with van der Waals surface area (Å²) in [6, 6.07) is 5.77. The first-order valence-corrected chi connectivity index (χ1v) is 6.93. The van der Waals surface area contributed by atoms with Gasteiger partial charge in [0.25, 0.3) is 0 Å². The fourth-order valence-corrected chi connectivity index (χ4v) is 2.66. The normalized spacial score (nSPS) is 20.8. The molecule has 2 N–H and O–H groups in total. The van der Waals surface area contributed by atoms with Crippen molar-refractivity contribution in [2.45, 2.75) is 12.2 Å². The molecule has 0 aliphatic carbocycles. The number of nitrogens with zero attached hydrogens (tertiary/aromatic N) is 1. The predicted molar refractivity (Wildman–Crippen MR) is 76.1 cm³/mol. The number of nitrogens with two attached hydrogens (primary N) is 1. The summed E-state index contributed by atoms with van der Waals surface area (Å²) in [6.45, 7) is 3.45. The molecule has 4 nitrogen and oxygen atoms in total. The molecule has 0 radical (unpaired) electrons. The summed E-state index contributed by atoms with van der Waals surface area (Å²) in [6.07, 6.45) is 0. The summed E-state index contributed by atoms with van der Waals surface area (Å²) >= 11 is 1.80. The van der Waals surface area contributed by atoms with Gasteiger partial charge in [0.2, 0.25) is 0 Å². The van der Waals surface area contributed by atoms with Crippen molar-refractivity contribution in [3.63, 3.8) is 0 Å². The van der Waals surface area contributed by atoms with Crippen LogP contribution in [0, 0.1) is 6.92 Å². The molecular formula is C13H18N2O2S. The van der Waals surface area contributed by atoms with Crippen LogP contribution in [-0.2, 0) is 4.74 Å². The van der Waals surface area contributed by atoms with E-state index in [0.717, 1.165) is 29.4 Å². The van der Waals surface area contributed by atoms with Crippen molar-refractivity contribution in [3.8, 4) is 5.75 Å². The van der Waals surface area contributed by atoms with Gasteiger partial charge in [0.05, 0.1) is 31.3 Å². The van der Waals surface area contributed by atoms with E-state index in [4.69, 9.17) is 15.2 Å². The zero-order valence-corrected chi connectivity index (χ0v) is 11.5. The van der Waals surface area contributed by atoms with Gasteiger partial charge in [0.15, 0.2) is 0 Å². The number of hydrogen-bond donors (Lipinski definition) is 1. The molecule has 1 saturated heterocycles. The highest BCUT2D eigenvalue weighted by atomic mass is 32.2. The molecule has 0 spiro atoms. The minimum atomic E-state index is 0.167. The molecule has 1 aliphatic heterocycles. The smallest absolute Gasteiger partial charge is 0.119 e. The third-order valence-electron chi connectivity index (χ3n) is 2.80. The molecule has 1 aromatic carbocycles. The molecule has 0 bridgehead atoms. The molecule has 98 valence electrons. The molecule has 1 aromatic rings. The highest BCUT2D eigenvalue weighted by Crippen LogP contribution is 2.25. The second-order valence-electron chi connectivity index (χ2n) is 4.12. The monoisotopic (exact) mass is 266 g/mol. The molecule has 1 unspecified atom stereocenters. The molecule has 1 fully saturated rings. The van der Waals surface area contributed by atoms with E-state index in [1.807, 2.05) is 25.1 Å². The fourth-order valence-electron chi connectivity index (χ4n) is 1.75. The SMILES string of the molecule is COc1ccc(N=C(N)C2COCCS2)c(C)c1. The Balaban J connectivity index is 2.15. The number of benzene rings is 1. The summed E-state index contributed by atoms with van der Waals surface area (Å²) in [5, 5.41) is 0.167. The molecule has 0 aromatic heterocycles. The van der Waals surface area contributed by atoms with Crippen molar-refractivity contribution >= 4 is 23.3 Å². The van der Waals surface area contributed by atoms with E-state index in [9.17, 15) is 0 Å². The first-order valence-electron chi connectivity index (χ1n) is 5.88. The highest BCUT2D eigenvalue weighted by Gasteiger charge is 2.18. The lowest BCUT2D eigenvalue weighted by atomic mass is 10.2. The van der Waals surface area contributed by atoms with Crippen molar-refractivity contribution in [1.29, 1.82) is 0 Å². The Hall–Kier alpha value is -1.20. The number of methoxy groups -OCH3 is 1. The van der Waals surface area contributed by atoms with Crippen molar-refractivity contribution in [2.75, 3.05) is 26.1 Å². The van der Waals surface area contributed by atoms with E-state index in [1.54, 1.807) is 18.9 Å². The van der Waals surface area contributed by atoms with E-state index in [-0.39, 0.29) is 5.25 Å². The summed E-state index contributed by atoms with van der Waals surface area (Å²) < 4.78 is 10.6. The average Bonchev–Trinajstić information content (AvgIpc) is 2.42. The van der Waals surface area contributed by atoms with Crippen LogP contribution in [0.25, 0.3) is 0 Å². The van der Waals surface area contributed by atoms with Crippen molar-refractivity contribution in [2.24, 2.45) is 10.7 Å². The number of amidine groups is 1. The van der Waals surface area contributed by atoms with Crippen LogP contribution >= 0.6 is 11.8 Å². The van der Waals surface area contributed by atoms with Gasteiger partial charge in [-0.25, -0.2) is 4.99 Å². The van der Waals surface area contributed by atoms with Gasteiger partial charge in [0.1, 0.15) is 11.6 Å².